The number of hydrogen-bond acceptors (Lipinski definition) is 6. The fourth-order valence-electron chi connectivity index (χ4n) is 3.87. The van der Waals surface area contributed by atoms with Gasteiger partial charge in [-0.3, -0.25) is 9.78 Å². The van der Waals surface area contributed by atoms with Gasteiger partial charge in [0.05, 0.1) is 10.9 Å². The first-order chi connectivity index (χ1) is 15.0. The maximum atomic E-state index is 14.9. The molecule has 3 aromatic heterocycles. The number of halogens is 1. The standard InChI is InChI=1S/C22H18FN5O3/c23-17-11-15-19(29)16(22(30)31)12-28(14-3-4-18-13(10-14)2-1-5-25-18)20(15)26-21(17)27-8-6-24-7-9-27/h1-5,10-12,24H,6-9H2,(H,30,31). The number of carboxylic acids is 1. The lowest BCUT2D eigenvalue weighted by Crippen LogP contribution is -2.44. The third-order valence-electron chi connectivity index (χ3n) is 5.42. The largest absolute Gasteiger partial charge is 0.477 e. The third-order valence-corrected chi connectivity index (χ3v) is 5.42. The number of pyridine rings is 3. The fourth-order valence-corrected chi connectivity index (χ4v) is 3.87. The Bertz CT molecular complexity index is 1400. The zero-order valence-corrected chi connectivity index (χ0v) is 16.4. The summed E-state index contributed by atoms with van der Waals surface area (Å²) in [5, 5.41) is 13.5. The number of aromatic carboxylic acids is 1. The van der Waals surface area contributed by atoms with E-state index in [2.05, 4.69) is 15.3 Å². The van der Waals surface area contributed by atoms with Crippen molar-refractivity contribution >= 4 is 33.7 Å². The highest BCUT2D eigenvalue weighted by molar-refractivity contribution is 5.93. The Balaban J connectivity index is 1.80. The van der Waals surface area contributed by atoms with Crippen molar-refractivity contribution in [2.24, 2.45) is 0 Å². The van der Waals surface area contributed by atoms with E-state index in [1.165, 1.54) is 10.8 Å². The minimum absolute atomic E-state index is 0.0810. The van der Waals surface area contributed by atoms with Gasteiger partial charge in [0.1, 0.15) is 5.56 Å². The molecular formula is C22H18FN5O3. The molecular weight excluding hydrogens is 401 g/mol. The van der Waals surface area contributed by atoms with Gasteiger partial charge in [0, 0.05) is 49.6 Å². The summed E-state index contributed by atoms with van der Waals surface area (Å²) in [7, 11) is 0. The van der Waals surface area contributed by atoms with Crippen LogP contribution < -0.4 is 15.6 Å². The van der Waals surface area contributed by atoms with Crippen molar-refractivity contribution in [1.82, 2.24) is 19.9 Å². The maximum Gasteiger partial charge on any atom is 0.341 e. The number of carbonyl (C=O) groups is 1. The Labute approximate surface area is 175 Å². The zero-order valence-electron chi connectivity index (χ0n) is 16.4. The van der Waals surface area contributed by atoms with Crippen LogP contribution >= 0.6 is 0 Å². The van der Waals surface area contributed by atoms with Gasteiger partial charge in [-0.2, -0.15) is 0 Å². The van der Waals surface area contributed by atoms with E-state index in [4.69, 9.17) is 0 Å². The van der Waals surface area contributed by atoms with E-state index in [1.54, 1.807) is 24.4 Å². The van der Waals surface area contributed by atoms with Gasteiger partial charge < -0.3 is 19.9 Å². The fraction of sp³-hybridized carbons (Fsp3) is 0.182. The number of piperazine rings is 1. The number of hydrogen-bond donors (Lipinski definition) is 2. The second-order valence-corrected chi connectivity index (χ2v) is 7.33. The molecule has 0 atom stereocenters. The van der Waals surface area contributed by atoms with E-state index in [0.717, 1.165) is 17.0 Å². The molecule has 31 heavy (non-hydrogen) atoms. The van der Waals surface area contributed by atoms with Crippen LogP contribution in [0, 0.1) is 5.82 Å². The van der Waals surface area contributed by atoms with Crippen LogP contribution in [-0.2, 0) is 0 Å². The summed E-state index contributed by atoms with van der Waals surface area (Å²) in [4.78, 5) is 35.1. The molecule has 156 valence electrons. The molecule has 4 aromatic rings. The normalized spacial score (nSPS) is 14.3. The van der Waals surface area contributed by atoms with Gasteiger partial charge in [0.2, 0.25) is 5.43 Å². The zero-order chi connectivity index (χ0) is 21.5. The van der Waals surface area contributed by atoms with Crippen LogP contribution in [0.1, 0.15) is 10.4 Å². The lowest BCUT2D eigenvalue weighted by molar-refractivity contribution is 0.0695. The van der Waals surface area contributed by atoms with Crippen LogP contribution in [-0.4, -0.2) is 51.8 Å². The Kier molecular flexibility index (Phi) is 4.59. The van der Waals surface area contributed by atoms with Crippen LogP contribution in [0.15, 0.2) is 53.6 Å². The van der Waals surface area contributed by atoms with E-state index in [1.807, 2.05) is 17.0 Å². The number of anilines is 1. The first-order valence-electron chi connectivity index (χ1n) is 9.83. The summed E-state index contributed by atoms with van der Waals surface area (Å²) >= 11 is 0. The summed E-state index contributed by atoms with van der Waals surface area (Å²) in [5.74, 6) is -1.88. The van der Waals surface area contributed by atoms with Crippen molar-refractivity contribution in [1.29, 1.82) is 0 Å². The first kappa shape index (κ1) is 19.1. The summed E-state index contributed by atoms with van der Waals surface area (Å²) < 4.78 is 16.5. The van der Waals surface area contributed by atoms with Crippen molar-refractivity contribution in [3.8, 4) is 5.69 Å². The average Bonchev–Trinajstić information content (AvgIpc) is 2.79. The van der Waals surface area contributed by atoms with E-state index >= 15 is 0 Å². The number of nitrogens with one attached hydrogen (secondary N) is 1. The third kappa shape index (κ3) is 3.28. The topological polar surface area (TPSA) is 100 Å². The Hall–Kier alpha value is -3.85. The molecule has 0 radical (unpaired) electrons. The van der Waals surface area contributed by atoms with Crippen LogP contribution in [0.4, 0.5) is 10.2 Å². The minimum Gasteiger partial charge on any atom is -0.477 e. The molecule has 9 heteroatoms. The molecule has 8 nitrogen and oxygen atoms in total. The Morgan fingerprint density at radius 1 is 1.16 bits per heavy atom. The highest BCUT2D eigenvalue weighted by Gasteiger charge is 2.22. The molecule has 1 aromatic carbocycles. The number of rotatable bonds is 3. The Morgan fingerprint density at radius 2 is 1.97 bits per heavy atom. The lowest BCUT2D eigenvalue weighted by atomic mass is 10.1. The molecule has 2 N–H and O–H groups in total. The Morgan fingerprint density at radius 3 is 2.74 bits per heavy atom. The van der Waals surface area contributed by atoms with Crippen molar-refractivity contribution in [2.45, 2.75) is 0 Å². The molecule has 0 bridgehead atoms. The molecule has 0 aliphatic carbocycles. The molecule has 0 unspecified atom stereocenters. The predicted molar refractivity (Wildman–Crippen MR) is 115 cm³/mol. The van der Waals surface area contributed by atoms with Crippen molar-refractivity contribution in [2.75, 3.05) is 31.1 Å². The van der Waals surface area contributed by atoms with Crippen molar-refractivity contribution < 1.29 is 14.3 Å². The second kappa shape index (κ2) is 7.44. The van der Waals surface area contributed by atoms with Gasteiger partial charge in [0.25, 0.3) is 0 Å². The SMILES string of the molecule is O=C(O)c1cn(-c2ccc3ncccc3c2)c2nc(N3CCNCC3)c(F)cc2c1=O. The molecule has 1 aliphatic rings. The van der Waals surface area contributed by atoms with Gasteiger partial charge in [-0.05, 0) is 30.3 Å². The summed E-state index contributed by atoms with van der Waals surface area (Å²) in [6.45, 7) is 2.55. The summed E-state index contributed by atoms with van der Waals surface area (Å²) in [6, 6.07) is 10.2. The molecule has 5 rings (SSSR count). The minimum atomic E-state index is -1.38. The molecule has 0 saturated carbocycles. The van der Waals surface area contributed by atoms with Gasteiger partial charge >= 0.3 is 5.97 Å². The lowest BCUT2D eigenvalue weighted by Gasteiger charge is -2.29. The van der Waals surface area contributed by atoms with Gasteiger partial charge in [-0.15, -0.1) is 0 Å². The highest BCUT2D eigenvalue weighted by atomic mass is 19.1. The highest BCUT2D eigenvalue weighted by Crippen LogP contribution is 2.25. The summed E-state index contributed by atoms with van der Waals surface area (Å²) in [6.07, 6.45) is 2.93. The van der Waals surface area contributed by atoms with Gasteiger partial charge in [0.15, 0.2) is 17.3 Å². The van der Waals surface area contributed by atoms with E-state index < -0.39 is 22.8 Å². The van der Waals surface area contributed by atoms with E-state index in [-0.39, 0.29) is 16.9 Å². The monoisotopic (exact) mass is 419 g/mol. The molecule has 0 amide bonds. The smallest absolute Gasteiger partial charge is 0.341 e. The molecule has 4 heterocycles. The quantitative estimate of drug-likeness (QED) is 0.525. The number of nitrogens with zero attached hydrogens (tertiary/aromatic N) is 4. The molecule has 1 aliphatic heterocycles. The van der Waals surface area contributed by atoms with Crippen LogP contribution in [0.5, 0.6) is 0 Å². The molecule has 0 spiro atoms. The van der Waals surface area contributed by atoms with Gasteiger partial charge in [-0.1, -0.05) is 6.07 Å². The number of aromatic nitrogens is 3. The van der Waals surface area contributed by atoms with E-state index in [0.29, 0.717) is 31.9 Å². The average molecular weight is 419 g/mol. The maximum absolute atomic E-state index is 14.9. The van der Waals surface area contributed by atoms with Gasteiger partial charge in [-0.25, -0.2) is 14.2 Å². The predicted octanol–water partition coefficient (Wildman–Crippen LogP) is 2.18. The first-order valence-corrected chi connectivity index (χ1v) is 9.83. The van der Waals surface area contributed by atoms with Crippen LogP contribution in [0.2, 0.25) is 0 Å². The van der Waals surface area contributed by atoms with Crippen molar-refractivity contribution in [3.63, 3.8) is 0 Å². The molecule has 1 saturated heterocycles. The van der Waals surface area contributed by atoms with Crippen LogP contribution in [0.3, 0.4) is 0 Å². The summed E-state index contributed by atoms with van der Waals surface area (Å²) in [5.41, 5.74) is 0.358. The van der Waals surface area contributed by atoms with Crippen molar-refractivity contribution in [3.05, 3.63) is 70.4 Å². The number of benzene rings is 1. The number of carboxylic acid groups (broad SMARTS) is 1. The van der Waals surface area contributed by atoms with E-state index in [9.17, 15) is 19.1 Å². The van der Waals surface area contributed by atoms with Crippen LogP contribution in [0.25, 0.3) is 27.6 Å². The number of fused-ring (bicyclic) bond motifs is 2. The molecule has 1 fully saturated rings. The second-order valence-electron chi connectivity index (χ2n) is 7.33.